The first-order valence-corrected chi connectivity index (χ1v) is 4.09. The molecule has 0 bridgehead atoms. The summed E-state index contributed by atoms with van der Waals surface area (Å²) in [5.74, 6) is 2.01. The van der Waals surface area contributed by atoms with Gasteiger partial charge in [0, 0.05) is 6.04 Å². The van der Waals surface area contributed by atoms with Gasteiger partial charge in [0.2, 0.25) is 0 Å². The van der Waals surface area contributed by atoms with Gasteiger partial charge in [0.1, 0.15) is 0 Å². The predicted octanol–water partition coefficient (Wildman–Crippen LogP) is 1.39. The maximum atomic E-state index is 3.57. The molecule has 2 fully saturated rings. The molecule has 9 heavy (non-hydrogen) atoms. The van der Waals surface area contributed by atoms with Crippen LogP contribution in [0.2, 0.25) is 0 Å². The van der Waals surface area contributed by atoms with Crippen molar-refractivity contribution in [2.75, 3.05) is 6.54 Å². The molecule has 1 N–H and O–H groups in total. The van der Waals surface area contributed by atoms with E-state index in [1.54, 1.807) is 0 Å². The van der Waals surface area contributed by atoms with Gasteiger partial charge in [-0.05, 0) is 37.6 Å². The third kappa shape index (κ3) is 1.11. The van der Waals surface area contributed by atoms with E-state index in [0.717, 1.165) is 17.9 Å². The lowest BCUT2D eigenvalue weighted by Crippen LogP contribution is -2.22. The van der Waals surface area contributed by atoms with Gasteiger partial charge in [-0.25, -0.2) is 0 Å². The minimum Gasteiger partial charge on any atom is -0.313 e. The van der Waals surface area contributed by atoms with Crippen molar-refractivity contribution in [1.29, 1.82) is 0 Å². The minimum atomic E-state index is 0.903. The van der Waals surface area contributed by atoms with Crippen molar-refractivity contribution >= 4 is 0 Å². The maximum Gasteiger partial charge on any atom is 0.00984 e. The molecule has 1 saturated carbocycles. The summed E-state index contributed by atoms with van der Waals surface area (Å²) < 4.78 is 0. The van der Waals surface area contributed by atoms with Gasteiger partial charge in [-0.3, -0.25) is 0 Å². The Hall–Kier alpha value is -0.0400. The van der Waals surface area contributed by atoms with Crippen LogP contribution >= 0.6 is 0 Å². The van der Waals surface area contributed by atoms with E-state index in [2.05, 4.69) is 12.2 Å². The van der Waals surface area contributed by atoms with E-state index in [-0.39, 0.29) is 0 Å². The highest BCUT2D eigenvalue weighted by atomic mass is 15.0. The monoisotopic (exact) mass is 125 g/mol. The molecule has 0 aromatic carbocycles. The summed E-state index contributed by atoms with van der Waals surface area (Å²) in [6.45, 7) is 3.61. The Morgan fingerprint density at radius 3 is 2.56 bits per heavy atom. The van der Waals surface area contributed by atoms with Crippen LogP contribution in [0.3, 0.4) is 0 Å². The summed E-state index contributed by atoms with van der Waals surface area (Å²) in [5.41, 5.74) is 0. The van der Waals surface area contributed by atoms with Crippen molar-refractivity contribution < 1.29 is 0 Å². The second-order valence-corrected chi connectivity index (χ2v) is 3.69. The average molecular weight is 125 g/mol. The van der Waals surface area contributed by atoms with Crippen molar-refractivity contribution in [3.8, 4) is 0 Å². The summed E-state index contributed by atoms with van der Waals surface area (Å²) in [7, 11) is 0. The predicted molar refractivity (Wildman–Crippen MR) is 38.3 cm³/mol. The summed E-state index contributed by atoms with van der Waals surface area (Å²) in [6, 6.07) is 0.903. The molecule has 2 rings (SSSR count). The molecule has 0 spiro atoms. The van der Waals surface area contributed by atoms with Crippen LogP contribution in [0.25, 0.3) is 0 Å². The van der Waals surface area contributed by atoms with E-state index >= 15 is 0 Å². The highest BCUT2D eigenvalue weighted by Gasteiger charge is 2.34. The van der Waals surface area contributed by atoms with E-state index in [4.69, 9.17) is 0 Å². The SMILES string of the molecule is CC1CNC(C2CC2)C1. The summed E-state index contributed by atoms with van der Waals surface area (Å²) >= 11 is 0. The minimum absolute atomic E-state index is 0.903. The molecule has 1 aliphatic heterocycles. The normalized spacial score (nSPS) is 43.7. The van der Waals surface area contributed by atoms with Crippen molar-refractivity contribution in [2.24, 2.45) is 11.8 Å². The van der Waals surface area contributed by atoms with Crippen LogP contribution in [0.4, 0.5) is 0 Å². The molecule has 1 saturated heterocycles. The number of hydrogen-bond acceptors (Lipinski definition) is 1. The fourth-order valence-electron chi connectivity index (χ4n) is 1.81. The smallest absolute Gasteiger partial charge is 0.00984 e. The lowest BCUT2D eigenvalue weighted by molar-refractivity contribution is 0.525. The Kier molecular flexibility index (Phi) is 1.26. The summed E-state index contributed by atoms with van der Waals surface area (Å²) in [6.07, 6.45) is 4.42. The first-order valence-electron chi connectivity index (χ1n) is 4.09. The summed E-state index contributed by atoms with van der Waals surface area (Å²) in [5, 5.41) is 3.57. The molecule has 0 radical (unpaired) electrons. The molecule has 52 valence electrons. The van der Waals surface area contributed by atoms with Gasteiger partial charge in [0.15, 0.2) is 0 Å². The molecule has 1 nitrogen and oxygen atoms in total. The van der Waals surface area contributed by atoms with Gasteiger partial charge in [0.05, 0.1) is 0 Å². The van der Waals surface area contributed by atoms with E-state index in [1.165, 1.54) is 25.8 Å². The topological polar surface area (TPSA) is 12.0 Å². The Labute approximate surface area is 56.8 Å². The second kappa shape index (κ2) is 1.98. The van der Waals surface area contributed by atoms with Crippen molar-refractivity contribution in [3.63, 3.8) is 0 Å². The first-order chi connectivity index (χ1) is 4.36. The summed E-state index contributed by atoms with van der Waals surface area (Å²) in [4.78, 5) is 0. The van der Waals surface area contributed by atoms with Crippen LogP contribution in [0, 0.1) is 11.8 Å². The molecule has 0 amide bonds. The zero-order chi connectivity index (χ0) is 6.27. The fraction of sp³-hybridized carbons (Fsp3) is 1.00. The molecule has 1 aliphatic carbocycles. The number of hydrogen-bond donors (Lipinski definition) is 1. The van der Waals surface area contributed by atoms with E-state index in [0.29, 0.717) is 0 Å². The van der Waals surface area contributed by atoms with E-state index < -0.39 is 0 Å². The lowest BCUT2D eigenvalue weighted by atomic mass is 10.1. The van der Waals surface area contributed by atoms with Crippen LogP contribution < -0.4 is 5.32 Å². The van der Waals surface area contributed by atoms with Crippen molar-refractivity contribution in [2.45, 2.75) is 32.2 Å². The Morgan fingerprint density at radius 2 is 2.11 bits per heavy atom. The van der Waals surface area contributed by atoms with Gasteiger partial charge in [0.25, 0.3) is 0 Å². The van der Waals surface area contributed by atoms with Crippen molar-refractivity contribution in [3.05, 3.63) is 0 Å². The quantitative estimate of drug-likeness (QED) is 0.558. The molecule has 1 heteroatoms. The zero-order valence-corrected chi connectivity index (χ0v) is 6.06. The Balaban J connectivity index is 1.86. The molecule has 0 aromatic heterocycles. The van der Waals surface area contributed by atoms with Crippen LogP contribution in [0.5, 0.6) is 0 Å². The maximum absolute atomic E-state index is 3.57. The van der Waals surface area contributed by atoms with Crippen LogP contribution in [0.1, 0.15) is 26.2 Å². The molecule has 0 aromatic rings. The Bertz CT molecular complexity index is 107. The lowest BCUT2D eigenvalue weighted by Gasteiger charge is -2.05. The number of nitrogens with one attached hydrogen (secondary N) is 1. The molecular formula is C8H15N. The Morgan fingerprint density at radius 1 is 1.33 bits per heavy atom. The molecule has 2 unspecified atom stereocenters. The van der Waals surface area contributed by atoms with E-state index in [1.807, 2.05) is 0 Å². The fourth-order valence-corrected chi connectivity index (χ4v) is 1.81. The molecule has 2 atom stereocenters. The van der Waals surface area contributed by atoms with Crippen LogP contribution in [0.15, 0.2) is 0 Å². The van der Waals surface area contributed by atoms with Crippen LogP contribution in [-0.2, 0) is 0 Å². The van der Waals surface area contributed by atoms with Crippen LogP contribution in [-0.4, -0.2) is 12.6 Å². The van der Waals surface area contributed by atoms with Gasteiger partial charge >= 0.3 is 0 Å². The highest BCUT2D eigenvalue weighted by molar-refractivity contribution is 4.91. The van der Waals surface area contributed by atoms with Gasteiger partial charge in [-0.1, -0.05) is 6.92 Å². The zero-order valence-electron chi connectivity index (χ0n) is 6.06. The van der Waals surface area contributed by atoms with E-state index in [9.17, 15) is 0 Å². The van der Waals surface area contributed by atoms with Crippen molar-refractivity contribution in [1.82, 2.24) is 5.32 Å². The second-order valence-electron chi connectivity index (χ2n) is 3.69. The standard InChI is InChI=1S/C8H15N/c1-6-4-8(9-5-6)7-2-3-7/h6-9H,2-5H2,1H3. The highest BCUT2D eigenvalue weighted by Crippen LogP contribution is 2.37. The third-order valence-corrected chi connectivity index (χ3v) is 2.58. The number of rotatable bonds is 1. The van der Waals surface area contributed by atoms with Gasteiger partial charge in [-0.15, -0.1) is 0 Å². The largest absolute Gasteiger partial charge is 0.313 e. The first kappa shape index (κ1) is 5.72. The molecule has 1 heterocycles. The van der Waals surface area contributed by atoms with Gasteiger partial charge in [-0.2, -0.15) is 0 Å². The van der Waals surface area contributed by atoms with Gasteiger partial charge < -0.3 is 5.32 Å². The molecule has 2 aliphatic rings. The third-order valence-electron chi connectivity index (χ3n) is 2.58. The molecular weight excluding hydrogens is 110 g/mol. The average Bonchev–Trinajstić information content (AvgIpc) is 2.58.